The van der Waals surface area contributed by atoms with Crippen LogP contribution < -0.4 is 15.8 Å². The summed E-state index contributed by atoms with van der Waals surface area (Å²) in [6.45, 7) is 13.5. The summed E-state index contributed by atoms with van der Waals surface area (Å²) in [4.78, 5) is 2.83. The lowest BCUT2D eigenvalue weighted by atomic mass is 10.1. The largest absolute Gasteiger partial charge is 0.379 e. The van der Waals surface area contributed by atoms with Gasteiger partial charge in [0.15, 0.2) is 0 Å². The molecule has 0 spiro atoms. The fraction of sp³-hybridized carbons (Fsp3) is 0.455. The Hall–Kier alpha value is -3.64. The number of benzene rings is 2. The molecule has 230 valence electrons. The van der Waals surface area contributed by atoms with E-state index in [-0.39, 0.29) is 6.10 Å². The number of likely N-dealkylation sites (N-methyl/N-ethyl adjacent to an activating group) is 1. The molecule has 3 rings (SSSR count). The third-order valence-corrected chi connectivity index (χ3v) is 7.94. The van der Waals surface area contributed by atoms with Crippen LogP contribution in [0.5, 0.6) is 0 Å². The Morgan fingerprint density at radius 2 is 1.51 bits per heavy atom. The topological polar surface area (TPSA) is 112 Å². The average Bonchev–Trinajstić information content (AvgIpc) is 3.35. The van der Waals surface area contributed by atoms with Crippen molar-refractivity contribution in [2.75, 3.05) is 75.1 Å². The quantitative estimate of drug-likeness (QED) is 0.109. The smallest absolute Gasteiger partial charge is 0.127 e. The van der Waals surface area contributed by atoms with Crippen molar-refractivity contribution >= 4 is 27.7 Å². The van der Waals surface area contributed by atoms with Crippen LogP contribution in [-0.4, -0.2) is 59.3 Å². The van der Waals surface area contributed by atoms with Crippen molar-refractivity contribution in [2.24, 2.45) is 0 Å². The zero-order valence-electron chi connectivity index (χ0n) is 25.7. The van der Waals surface area contributed by atoms with Crippen LogP contribution in [0.15, 0.2) is 48.5 Å². The van der Waals surface area contributed by atoms with Crippen molar-refractivity contribution in [3.05, 3.63) is 75.7 Å². The molecule has 2 aromatic carbocycles. The maximum atomic E-state index is 9.53. The van der Waals surface area contributed by atoms with E-state index >= 15 is 0 Å². The Bertz CT molecular complexity index is 1340. The van der Waals surface area contributed by atoms with Crippen molar-refractivity contribution in [2.45, 2.75) is 40.2 Å². The van der Waals surface area contributed by atoms with E-state index in [1.54, 1.807) is 6.92 Å². The first-order valence-electron chi connectivity index (χ1n) is 14.7. The minimum Gasteiger partial charge on any atom is -0.379 e. The van der Waals surface area contributed by atoms with Gasteiger partial charge >= 0.3 is 0 Å². The van der Waals surface area contributed by atoms with Gasteiger partial charge in [-0.25, -0.2) is 0 Å². The molecule has 0 aliphatic carbocycles. The molecule has 9 nitrogen and oxygen atoms in total. The molecule has 1 unspecified atom stereocenters. The Kier molecular flexibility index (Phi) is 14.8. The highest BCUT2D eigenvalue weighted by Gasteiger charge is 2.18. The van der Waals surface area contributed by atoms with Gasteiger partial charge in [-0.1, -0.05) is 37.3 Å². The SMILES string of the molecule is CCCOCCOCCOCCOC(CN(CC)c1ccc(NNc2sc(C#N)c(C)c2C#N)c(C)c1)c1ccccc1. The summed E-state index contributed by atoms with van der Waals surface area (Å²) < 4.78 is 23.0. The monoisotopic (exact) mass is 605 g/mol. The van der Waals surface area contributed by atoms with E-state index in [2.05, 4.69) is 66.0 Å². The third kappa shape index (κ3) is 10.5. The molecule has 1 heterocycles. The number of hydrazine groups is 1. The number of ether oxygens (including phenoxy) is 4. The number of hydrogen-bond acceptors (Lipinski definition) is 10. The van der Waals surface area contributed by atoms with Crippen LogP contribution in [0.3, 0.4) is 0 Å². The fourth-order valence-electron chi connectivity index (χ4n) is 4.43. The van der Waals surface area contributed by atoms with E-state index in [9.17, 15) is 10.5 Å². The standard InChI is InChI=1S/C33H43N5O4S/c1-5-14-39-15-16-40-17-18-41-19-20-42-31(27-10-8-7-9-11-27)24-38(6-2)28-12-13-30(25(3)21-28)36-37-33-29(22-34)26(4)32(23-35)43-33/h7-13,21,31,36-37H,5-6,14-20,24H2,1-4H3. The minimum atomic E-state index is -0.128. The van der Waals surface area contributed by atoms with Crippen molar-refractivity contribution in [3.8, 4) is 12.1 Å². The van der Waals surface area contributed by atoms with Crippen LogP contribution in [-0.2, 0) is 18.9 Å². The average molecular weight is 606 g/mol. The zero-order chi connectivity index (χ0) is 30.9. The zero-order valence-corrected chi connectivity index (χ0v) is 26.5. The number of thiophene rings is 1. The van der Waals surface area contributed by atoms with Crippen molar-refractivity contribution in [1.29, 1.82) is 10.5 Å². The van der Waals surface area contributed by atoms with Crippen LogP contribution in [0.1, 0.15) is 53.5 Å². The Morgan fingerprint density at radius 1 is 0.837 bits per heavy atom. The van der Waals surface area contributed by atoms with Crippen molar-refractivity contribution < 1.29 is 18.9 Å². The van der Waals surface area contributed by atoms with Gasteiger partial charge in [0.1, 0.15) is 28.1 Å². The summed E-state index contributed by atoms with van der Waals surface area (Å²) in [7, 11) is 0. The molecule has 10 heteroatoms. The lowest BCUT2D eigenvalue weighted by molar-refractivity contribution is -0.0177. The van der Waals surface area contributed by atoms with Gasteiger partial charge in [0, 0.05) is 25.4 Å². The van der Waals surface area contributed by atoms with E-state index in [0.717, 1.165) is 42.1 Å². The number of nitriles is 2. The second-order valence-corrected chi connectivity index (χ2v) is 10.9. The number of aryl methyl sites for hydroxylation is 1. The van der Waals surface area contributed by atoms with Gasteiger partial charge in [0.25, 0.3) is 0 Å². The molecule has 0 saturated carbocycles. The van der Waals surface area contributed by atoms with E-state index in [4.69, 9.17) is 18.9 Å². The molecule has 3 aromatic rings. The van der Waals surface area contributed by atoms with E-state index < -0.39 is 0 Å². The first-order chi connectivity index (χ1) is 21.0. The lowest BCUT2D eigenvalue weighted by Crippen LogP contribution is -2.30. The molecule has 2 N–H and O–H groups in total. The molecule has 1 atom stereocenters. The molecule has 0 bridgehead atoms. The molecular weight excluding hydrogens is 562 g/mol. The number of hydrogen-bond donors (Lipinski definition) is 2. The maximum absolute atomic E-state index is 9.53. The highest BCUT2D eigenvalue weighted by molar-refractivity contribution is 7.17. The molecule has 1 aromatic heterocycles. The molecule has 0 fully saturated rings. The predicted molar refractivity (Wildman–Crippen MR) is 173 cm³/mol. The Labute approximate surface area is 259 Å². The molecule has 43 heavy (non-hydrogen) atoms. The highest BCUT2D eigenvalue weighted by atomic mass is 32.1. The number of nitrogens with one attached hydrogen (secondary N) is 2. The molecule has 0 radical (unpaired) electrons. The first-order valence-corrected chi connectivity index (χ1v) is 15.5. The Balaban J connectivity index is 1.56. The van der Waals surface area contributed by atoms with Crippen molar-refractivity contribution in [3.63, 3.8) is 0 Å². The Morgan fingerprint density at radius 3 is 2.12 bits per heavy atom. The summed E-state index contributed by atoms with van der Waals surface area (Å²) in [6.07, 6.45) is 0.885. The second kappa shape index (κ2) is 18.8. The number of rotatable bonds is 20. The number of anilines is 3. The van der Waals surface area contributed by atoms with Crippen molar-refractivity contribution in [1.82, 2.24) is 0 Å². The highest BCUT2D eigenvalue weighted by Crippen LogP contribution is 2.32. The first kappa shape index (κ1) is 33.9. The summed E-state index contributed by atoms with van der Waals surface area (Å²) in [6, 6.07) is 20.8. The second-order valence-electron chi connectivity index (χ2n) is 9.88. The van der Waals surface area contributed by atoms with E-state index in [0.29, 0.717) is 67.2 Å². The lowest BCUT2D eigenvalue weighted by Gasteiger charge is -2.29. The minimum absolute atomic E-state index is 0.128. The van der Waals surface area contributed by atoms with Gasteiger partial charge in [-0.3, -0.25) is 10.9 Å². The van der Waals surface area contributed by atoms with Crippen LogP contribution in [0.25, 0.3) is 0 Å². The molecule has 0 aliphatic rings. The van der Waals surface area contributed by atoms with Gasteiger partial charge in [0.05, 0.1) is 50.9 Å². The number of nitrogens with zero attached hydrogens (tertiary/aromatic N) is 3. The van der Waals surface area contributed by atoms with Crippen LogP contribution >= 0.6 is 11.3 Å². The van der Waals surface area contributed by atoms with E-state index in [1.807, 2.05) is 31.2 Å². The molecule has 0 saturated heterocycles. The van der Waals surface area contributed by atoms with Crippen LogP contribution in [0.4, 0.5) is 16.4 Å². The summed E-state index contributed by atoms with van der Waals surface area (Å²) in [5.41, 5.74) is 11.7. The van der Waals surface area contributed by atoms with Gasteiger partial charge in [-0.05, 0) is 62.1 Å². The molecule has 0 aliphatic heterocycles. The van der Waals surface area contributed by atoms with Crippen LogP contribution in [0.2, 0.25) is 0 Å². The fourth-order valence-corrected chi connectivity index (χ4v) is 5.33. The van der Waals surface area contributed by atoms with Gasteiger partial charge in [-0.2, -0.15) is 10.5 Å². The van der Waals surface area contributed by atoms with Crippen LogP contribution in [0, 0.1) is 36.5 Å². The summed E-state index contributed by atoms with van der Waals surface area (Å²) in [5.74, 6) is 0. The van der Waals surface area contributed by atoms with Gasteiger partial charge < -0.3 is 23.8 Å². The third-order valence-electron chi connectivity index (χ3n) is 6.82. The maximum Gasteiger partial charge on any atom is 0.127 e. The molecule has 0 amide bonds. The summed E-state index contributed by atoms with van der Waals surface area (Å²) >= 11 is 1.27. The van der Waals surface area contributed by atoms with E-state index in [1.165, 1.54) is 11.3 Å². The van der Waals surface area contributed by atoms with Gasteiger partial charge in [-0.15, -0.1) is 11.3 Å². The van der Waals surface area contributed by atoms with Gasteiger partial charge in [0.2, 0.25) is 0 Å². The summed E-state index contributed by atoms with van der Waals surface area (Å²) in [5, 5.41) is 19.5. The predicted octanol–water partition coefficient (Wildman–Crippen LogP) is 6.59. The molecular formula is C33H43N5O4S. The normalized spacial score (nSPS) is 11.5.